The molecular weight excluding hydrogens is 256 g/mol. The van der Waals surface area contributed by atoms with E-state index in [0.717, 1.165) is 18.5 Å². The van der Waals surface area contributed by atoms with Crippen LogP contribution in [0.5, 0.6) is 0 Å². The minimum atomic E-state index is -0.412. The van der Waals surface area contributed by atoms with Crippen LogP contribution in [0, 0.1) is 10.1 Å². The lowest BCUT2D eigenvalue weighted by Gasteiger charge is -2.17. The van der Waals surface area contributed by atoms with Crippen molar-refractivity contribution in [3.63, 3.8) is 0 Å². The van der Waals surface area contributed by atoms with Crippen molar-refractivity contribution in [2.24, 2.45) is 0 Å². The maximum absolute atomic E-state index is 10.7. The van der Waals surface area contributed by atoms with Gasteiger partial charge in [0.15, 0.2) is 0 Å². The minimum Gasteiger partial charge on any atom is -0.385 e. The molecule has 1 aromatic carbocycles. The zero-order valence-electron chi connectivity index (χ0n) is 10.6. The van der Waals surface area contributed by atoms with Crippen molar-refractivity contribution < 1.29 is 9.66 Å². The van der Waals surface area contributed by atoms with Gasteiger partial charge in [-0.05, 0) is 25.1 Å². The van der Waals surface area contributed by atoms with Crippen LogP contribution in [0.1, 0.15) is 12.0 Å². The summed E-state index contributed by atoms with van der Waals surface area (Å²) in [5.74, 6) is 0. The predicted octanol–water partition coefficient (Wildman–Crippen LogP) is 2.72. The van der Waals surface area contributed by atoms with E-state index in [1.807, 2.05) is 7.05 Å². The lowest BCUT2D eigenvalue weighted by molar-refractivity contribution is -0.384. The second-order valence-electron chi connectivity index (χ2n) is 4.12. The van der Waals surface area contributed by atoms with Gasteiger partial charge in [0.2, 0.25) is 0 Å². The summed E-state index contributed by atoms with van der Waals surface area (Å²) >= 11 is 6.03. The van der Waals surface area contributed by atoms with Gasteiger partial charge in [0.25, 0.3) is 5.69 Å². The second-order valence-corrected chi connectivity index (χ2v) is 4.52. The number of nitrogens with zero attached hydrogens (tertiary/aromatic N) is 2. The van der Waals surface area contributed by atoms with Gasteiger partial charge in [0, 0.05) is 44.0 Å². The number of ether oxygens (including phenoxy) is 1. The Kier molecular flexibility index (Phi) is 6.04. The maximum atomic E-state index is 10.7. The Hall–Kier alpha value is -1.17. The fourth-order valence-corrected chi connectivity index (χ4v) is 1.82. The fraction of sp³-hybridized carbons (Fsp3) is 0.500. The van der Waals surface area contributed by atoms with E-state index in [1.165, 1.54) is 12.1 Å². The third-order valence-electron chi connectivity index (χ3n) is 2.57. The van der Waals surface area contributed by atoms with E-state index in [0.29, 0.717) is 18.2 Å². The summed E-state index contributed by atoms with van der Waals surface area (Å²) in [6.45, 7) is 2.14. The molecule has 18 heavy (non-hydrogen) atoms. The van der Waals surface area contributed by atoms with Crippen molar-refractivity contribution in [1.29, 1.82) is 0 Å². The predicted molar refractivity (Wildman–Crippen MR) is 70.9 cm³/mol. The first-order chi connectivity index (χ1) is 8.54. The van der Waals surface area contributed by atoms with Crippen LogP contribution >= 0.6 is 11.6 Å². The summed E-state index contributed by atoms with van der Waals surface area (Å²) in [5.41, 5.74) is 0.838. The standard InChI is InChI=1S/C12H17ClN2O3/c1-14(6-3-7-18-2)9-10-8-11(15(16)17)4-5-12(10)13/h4-5,8H,3,6-7,9H2,1-2H3. The summed E-state index contributed by atoms with van der Waals surface area (Å²) in [7, 11) is 3.61. The van der Waals surface area contributed by atoms with Crippen molar-refractivity contribution in [3.05, 3.63) is 38.9 Å². The summed E-state index contributed by atoms with van der Waals surface area (Å²) in [6.07, 6.45) is 0.916. The third-order valence-corrected chi connectivity index (χ3v) is 2.94. The first-order valence-corrected chi connectivity index (χ1v) is 6.02. The molecule has 1 rings (SSSR count). The van der Waals surface area contributed by atoms with E-state index in [4.69, 9.17) is 16.3 Å². The van der Waals surface area contributed by atoms with Crippen molar-refractivity contribution in [2.45, 2.75) is 13.0 Å². The second kappa shape index (κ2) is 7.31. The molecule has 1 aromatic rings. The number of nitro benzene ring substituents is 1. The van der Waals surface area contributed by atoms with Gasteiger partial charge in [-0.1, -0.05) is 11.6 Å². The van der Waals surface area contributed by atoms with Crippen LogP contribution in [-0.4, -0.2) is 37.1 Å². The lowest BCUT2D eigenvalue weighted by Crippen LogP contribution is -2.20. The number of benzene rings is 1. The Balaban J connectivity index is 2.65. The number of hydrogen-bond acceptors (Lipinski definition) is 4. The van der Waals surface area contributed by atoms with Crippen LogP contribution in [0.25, 0.3) is 0 Å². The van der Waals surface area contributed by atoms with E-state index >= 15 is 0 Å². The molecule has 0 aliphatic rings. The van der Waals surface area contributed by atoms with Crippen LogP contribution in [-0.2, 0) is 11.3 Å². The Morgan fingerprint density at radius 2 is 2.22 bits per heavy atom. The monoisotopic (exact) mass is 272 g/mol. The molecule has 0 spiro atoms. The zero-order chi connectivity index (χ0) is 13.5. The Morgan fingerprint density at radius 1 is 1.50 bits per heavy atom. The van der Waals surface area contributed by atoms with Gasteiger partial charge in [-0.25, -0.2) is 0 Å². The smallest absolute Gasteiger partial charge is 0.269 e. The molecule has 0 atom stereocenters. The molecule has 0 unspecified atom stereocenters. The van der Waals surface area contributed by atoms with E-state index in [2.05, 4.69) is 4.90 Å². The molecule has 0 fully saturated rings. The van der Waals surface area contributed by atoms with E-state index < -0.39 is 4.92 Å². The number of non-ortho nitro benzene ring substituents is 1. The quantitative estimate of drug-likeness (QED) is 0.435. The Morgan fingerprint density at radius 3 is 2.83 bits per heavy atom. The van der Waals surface area contributed by atoms with E-state index in [-0.39, 0.29) is 5.69 Å². The van der Waals surface area contributed by atoms with Gasteiger partial charge in [-0.2, -0.15) is 0 Å². The van der Waals surface area contributed by atoms with Gasteiger partial charge in [-0.15, -0.1) is 0 Å². The van der Waals surface area contributed by atoms with Gasteiger partial charge in [-0.3, -0.25) is 10.1 Å². The molecule has 0 N–H and O–H groups in total. The van der Waals surface area contributed by atoms with Crippen LogP contribution in [0.15, 0.2) is 18.2 Å². The first kappa shape index (κ1) is 14.9. The average molecular weight is 273 g/mol. The number of nitro groups is 1. The maximum Gasteiger partial charge on any atom is 0.269 e. The molecule has 0 heterocycles. The normalized spacial score (nSPS) is 10.9. The first-order valence-electron chi connectivity index (χ1n) is 5.65. The summed E-state index contributed by atoms with van der Waals surface area (Å²) in [5, 5.41) is 11.2. The lowest BCUT2D eigenvalue weighted by atomic mass is 10.2. The average Bonchev–Trinajstić information content (AvgIpc) is 2.32. The molecule has 0 saturated heterocycles. The SMILES string of the molecule is COCCCN(C)Cc1cc([N+](=O)[O-])ccc1Cl. The third kappa shape index (κ3) is 4.60. The highest BCUT2D eigenvalue weighted by Gasteiger charge is 2.11. The van der Waals surface area contributed by atoms with Gasteiger partial charge < -0.3 is 9.64 Å². The largest absolute Gasteiger partial charge is 0.385 e. The van der Waals surface area contributed by atoms with Crippen LogP contribution in [0.4, 0.5) is 5.69 Å². The Labute approximate surface area is 111 Å². The van der Waals surface area contributed by atoms with Crippen molar-refractivity contribution in [1.82, 2.24) is 4.90 Å². The highest BCUT2D eigenvalue weighted by Crippen LogP contribution is 2.23. The molecule has 0 bridgehead atoms. The summed E-state index contributed by atoms with van der Waals surface area (Å²) in [4.78, 5) is 12.3. The number of hydrogen-bond donors (Lipinski definition) is 0. The highest BCUT2D eigenvalue weighted by molar-refractivity contribution is 6.31. The van der Waals surface area contributed by atoms with Crippen molar-refractivity contribution in [3.8, 4) is 0 Å². The van der Waals surface area contributed by atoms with E-state index in [1.54, 1.807) is 13.2 Å². The molecule has 5 nitrogen and oxygen atoms in total. The van der Waals surface area contributed by atoms with Crippen molar-refractivity contribution >= 4 is 17.3 Å². The molecule has 0 saturated carbocycles. The molecule has 0 aromatic heterocycles. The molecule has 6 heteroatoms. The number of methoxy groups -OCH3 is 1. The summed E-state index contributed by atoms with van der Waals surface area (Å²) < 4.78 is 4.97. The Bertz CT molecular complexity index is 412. The fourth-order valence-electron chi connectivity index (χ4n) is 1.64. The highest BCUT2D eigenvalue weighted by atomic mass is 35.5. The molecule has 0 amide bonds. The molecule has 0 radical (unpaired) electrons. The number of rotatable bonds is 7. The van der Waals surface area contributed by atoms with Crippen LogP contribution in [0.3, 0.4) is 0 Å². The summed E-state index contributed by atoms with van der Waals surface area (Å²) in [6, 6.07) is 4.50. The van der Waals surface area contributed by atoms with Gasteiger partial charge in [0.05, 0.1) is 4.92 Å². The van der Waals surface area contributed by atoms with Gasteiger partial charge >= 0.3 is 0 Å². The van der Waals surface area contributed by atoms with Crippen LogP contribution in [0.2, 0.25) is 5.02 Å². The molecular formula is C12H17ClN2O3. The van der Waals surface area contributed by atoms with E-state index in [9.17, 15) is 10.1 Å². The van der Waals surface area contributed by atoms with Gasteiger partial charge in [0.1, 0.15) is 0 Å². The number of halogens is 1. The van der Waals surface area contributed by atoms with Crippen molar-refractivity contribution in [2.75, 3.05) is 27.3 Å². The topological polar surface area (TPSA) is 55.6 Å². The molecule has 0 aliphatic heterocycles. The van der Waals surface area contributed by atoms with Crippen LogP contribution < -0.4 is 0 Å². The molecule has 0 aliphatic carbocycles. The minimum absolute atomic E-state index is 0.0692. The molecule has 100 valence electrons. The zero-order valence-corrected chi connectivity index (χ0v) is 11.3.